The van der Waals surface area contributed by atoms with Crippen molar-refractivity contribution in [3.63, 3.8) is 0 Å². The lowest BCUT2D eigenvalue weighted by atomic mass is 9.82. The Balaban J connectivity index is 1.55. The molecule has 1 aliphatic carbocycles. The first-order chi connectivity index (χ1) is 12.4. The summed E-state index contributed by atoms with van der Waals surface area (Å²) < 4.78 is 18.5. The fraction of sp³-hybridized carbons (Fsp3) is 0.650. The average molecular weight is 365 g/mol. The number of hydrogen-bond donors (Lipinski definition) is 2. The molecule has 1 aliphatic heterocycles. The van der Waals surface area contributed by atoms with Gasteiger partial charge in [0.1, 0.15) is 23.8 Å². The fourth-order valence-corrected chi connectivity index (χ4v) is 3.97. The second-order valence-corrected chi connectivity index (χ2v) is 7.85. The second-order valence-electron chi connectivity index (χ2n) is 7.85. The number of rotatable bonds is 5. The minimum Gasteiger partial charge on any atom is -0.491 e. The molecule has 3 rings (SSSR count). The van der Waals surface area contributed by atoms with Crippen LogP contribution in [0.2, 0.25) is 0 Å². The van der Waals surface area contributed by atoms with Gasteiger partial charge in [0.05, 0.1) is 18.6 Å². The van der Waals surface area contributed by atoms with Gasteiger partial charge in [-0.05, 0) is 49.9 Å². The van der Waals surface area contributed by atoms with Crippen LogP contribution in [-0.4, -0.2) is 51.9 Å². The standard InChI is InChI=1S/C20H28FNO4/c21-16-5-7-17(8-6-16)26-15-20(25)11-4-12-22(14-20)18(23)13-19(24)9-2-1-3-10-19/h5-8,24-25H,1-4,9-15H2. The van der Waals surface area contributed by atoms with Crippen LogP contribution in [0.4, 0.5) is 4.39 Å². The largest absolute Gasteiger partial charge is 0.491 e. The number of carbonyl (C=O) groups excluding carboxylic acids is 1. The summed E-state index contributed by atoms with van der Waals surface area (Å²) in [7, 11) is 0. The zero-order chi connectivity index (χ0) is 18.6. The number of nitrogens with zero attached hydrogens (tertiary/aromatic N) is 1. The Hall–Kier alpha value is -1.66. The predicted molar refractivity (Wildman–Crippen MR) is 95.3 cm³/mol. The first-order valence-electron chi connectivity index (χ1n) is 9.49. The molecule has 2 fully saturated rings. The average Bonchev–Trinajstić information content (AvgIpc) is 2.61. The molecule has 144 valence electrons. The van der Waals surface area contributed by atoms with Crippen molar-refractivity contribution in [1.82, 2.24) is 4.90 Å². The number of piperidine rings is 1. The van der Waals surface area contributed by atoms with Crippen molar-refractivity contribution in [3.8, 4) is 5.75 Å². The number of amides is 1. The van der Waals surface area contributed by atoms with Crippen LogP contribution in [0.3, 0.4) is 0 Å². The molecule has 2 aliphatic rings. The SMILES string of the molecule is O=C(CC1(O)CCCCC1)N1CCCC(O)(COc2ccc(F)cc2)C1. The Labute approximate surface area is 153 Å². The maximum atomic E-state index is 13.0. The van der Waals surface area contributed by atoms with Gasteiger partial charge in [0.15, 0.2) is 0 Å². The number of halogens is 1. The third kappa shape index (κ3) is 4.95. The Kier molecular flexibility index (Phi) is 5.82. The number of ether oxygens (including phenoxy) is 1. The summed E-state index contributed by atoms with van der Waals surface area (Å²) >= 11 is 0. The number of carbonyl (C=O) groups is 1. The number of benzene rings is 1. The highest BCUT2D eigenvalue weighted by atomic mass is 19.1. The van der Waals surface area contributed by atoms with Crippen molar-refractivity contribution in [2.75, 3.05) is 19.7 Å². The van der Waals surface area contributed by atoms with E-state index in [-0.39, 0.29) is 31.3 Å². The van der Waals surface area contributed by atoms with Crippen molar-refractivity contribution < 1.29 is 24.1 Å². The molecule has 1 saturated heterocycles. The number of likely N-dealkylation sites (tertiary alicyclic amines) is 1. The van der Waals surface area contributed by atoms with E-state index in [9.17, 15) is 19.4 Å². The van der Waals surface area contributed by atoms with E-state index in [4.69, 9.17) is 4.74 Å². The molecule has 5 nitrogen and oxygen atoms in total. The summed E-state index contributed by atoms with van der Waals surface area (Å²) in [5.41, 5.74) is -2.02. The van der Waals surface area contributed by atoms with Crippen LogP contribution >= 0.6 is 0 Å². The third-order valence-corrected chi connectivity index (χ3v) is 5.49. The van der Waals surface area contributed by atoms with E-state index in [2.05, 4.69) is 0 Å². The van der Waals surface area contributed by atoms with Crippen LogP contribution in [-0.2, 0) is 4.79 Å². The van der Waals surface area contributed by atoms with Gasteiger partial charge in [-0.15, -0.1) is 0 Å². The molecule has 1 unspecified atom stereocenters. The normalized spacial score (nSPS) is 25.7. The van der Waals surface area contributed by atoms with Crippen molar-refractivity contribution in [2.45, 2.75) is 62.6 Å². The lowest BCUT2D eigenvalue weighted by Crippen LogP contribution is -2.54. The molecule has 0 spiro atoms. The number of aliphatic hydroxyl groups is 2. The molecule has 2 N–H and O–H groups in total. The monoisotopic (exact) mass is 365 g/mol. The molecule has 1 aromatic rings. The first kappa shape index (κ1) is 19.1. The molecule has 0 radical (unpaired) electrons. The minimum atomic E-state index is -1.13. The second kappa shape index (κ2) is 7.92. The highest BCUT2D eigenvalue weighted by Gasteiger charge is 2.39. The van der Waals surface area contributed by atoms with Gasteiger partial charge < -0.3 is 19.8 Å². The quantitative estimate of drug-likeness (QED) is 0.842. The van der Waals surface area contributed by atoms with Gasteiger partial charge in [-0.3, -0.25) is 4.79 Å². The van der Waals surface area contributed by atoms with E-state index in [0.29, 0.717) is 38.0 Å². The lowest BCUT2D eigenvalue weighted by molar-refractivity contribution is -0.146. The molecule has 26 heavy (non-hydrogen) atoms. The highest BCUT2D eigenvalue weighted by Crippen LogP contribution is 2.32. The molecule has 0 aromatic heterocycles. The molecule has 6 heteroatoms. The summed E-state index contributed by atoms with van der Waals surface area (Å²) in [6.45, 7) is 0.837. The molecule has 1 aromatic carbocycles. The molecule has 1 atom stereocenters. The van der Waals surface area contributed by atoms with Gasteiger partial charge in [-0.2, -0.15) is 0 Å². The zero-order valence-corrected chi connectivity index (χ0v) is 15.1. The van der Waals surface area contributed by atoms with Crippen molar-refractivity contribution in [2.24, 2.45) is 0 Å². The van der Waals surface area contributed by atoms with E-state index in [1.54, 1.807) is 4.90 Å². The highest BCUT2D eigenvalue weighted by molar-refractivity contribution is 5.77. The van der Waals surface area contributed by atoms with E-state index >= 15 is 0 Å². The Morgan fingerprint density at radius 2 is 1.69 bits per heavy atom. The van der Waals surface area contributed by atoms with E-state index in [0.717, 1.165) is 19.3 Å². The molecule has 1 saturated carbocycles. The summed E-state index contributed by atoms with van der Waals surface area (Å²) in [6.07, 6.45) is 5.73. The fourth-order valence-electron chi connectivity index (χ4n) is 3.97. The predicted octanol–water partition coefficient (Wildman–Crippen LogP) is 2.64. The van der Waals surface area contributed by atoms with Gasteiger partial charge in [0.25, 0.3) is 0 Å². The molecule has 1 heterocycles. The smallest absolute Gasteiger partial charge is 0.225 e. The Bertz CT molecular complexity index is 615. The number of β-amino-alcohol motifs (C(OH)–C–C–N with tert-alkyl or cyclic N) is 1. The van der Waals surface area contributed by atoms with Crippen molar-refractivity contribution in [1.29, 1.82) is 0 Å². The third-order valence-electron chi connectivity index (χ3n) is 5.49. The van der Waals surface area contributed by atoms with Crippen LogP contribution in [0.15, 0.2) is 24.3 Å². The molecule has 1 amide bonds. The van der Waals surface area contributed by atoms with Gasteiger partial charge in [0, 0.05) is 6.54 Å². The topological polar surface area (TPSA) is 70.0 Å². The Morgan fingerprint density at radius 1 is 1.04 bits per heavy atom. The number of hydrogen-bond acceptors (Lipinski definition) is 4. The van der Waals surface area contributed by atoms with Gasteiger partial charge in [0.2, 0.25) is 5.91 Å². The van der Waals surface area contributed by atoms with E-state index < -0.39 is 11.2 Å². The van der Waals surface area contributed by atoms with E-state index in [1.807, 2.05) is 0 Å². The summed E-state index contributed by atoms with van der Waals surface area (Å²) in [6, 6.07) is 5.65. The van der Waals surface area contributed by atoms with Gasteiger partial charge in [-0.25, -0.2) is 4.39 Å². The minimum absolute atomic E-state index is 0.0483. The van der Waals surface area contributed by atoms with Crippen LogP contribution < -0.4 is 4.74 Å². The van der Waals surface area contributed by atoms with Crippen LogP contribution in [0.25, 0.3) is 0 Å². The molecule has 0 bridgehead atoms. The van der Waals surface area contributed by atoms with E-state index in [1.165, 1.54) is 24.3 Å². The van der Waals surface area contributed by atoms with Crippen molar-refractivity contribution in [3.05, 3.63) is 30.1 Å². The van der Waals surface area contributed by atoms with Crippen molar-refractivity contribution >= 4 is 5.91 Å². The van der Waals surface area contributed by atoms with Gasteiger partial charge in [-0.1, -0.05) is 19.3 Å². The van der Waals surface area contributed by atoms with Gasteiger partial charge >= 0.3 is 0 Å². The molecular formula is C20H28FNO4. The summed E-state index contributed by atoms with van der Waals surface area (Å²) in [5.74, 6) is 0.0419. The summed E-state index contributed by atoms with van der Waals surface area (Å²) in [5, 5.41) is 21.4. The Morgan fingerprint density at radius 3 is 2.38 bits per heavy atom. The lowest BCUT2D eigenvalue weighted by Gasteiger charge is -2.40. The maximum absolute atomic E-state index is 13.0. The molecular weight excluding hydrogens is 337 g/mol. The maximum Gasteiger partial charge on any atom is 0.225 e. The van der Waals surface area contributed by atoms with Crippen LogP contribution in [0.1, 0.15) is 51.4 Å². The summed E-state index contributed by atoms with van der Waals surface area (Å²) in [4.78, 5) is 14.3. The zero-order valence-electron chi connectivity index (χ0n) is 15.1. The first-order valence-corrected chi connectivity index (χ1v) is 9.49. The van der Waals surface area contributed by atoms with Crippen LogP contribution in [0, 0.1) is 5.82 Å². The van der Waals surface area contributed by atoms with Crippen LogP contribution in [0.5, 0.6) is 5.75 Å².